The average molecular weight is 211 g/mol. The molecule has 1 aromatic rings. The minimum Gasteiger partial charge on any atom is -0.447 e. The number of hydrogen-bond acceptors (Lipinski definition) is 4. The highest BCUT2D eigenvalue weighted by atomic mass is 16.3. The van der Waals surface area contributed by atoms with Crippen molar-refractivity contribution in [1.29, 1.82) is 0 Å². The Morgan fingerprint density at radius 3 is 2.93 bits per heavy atom. The predicted molar refractivity (Wildman–Crippen MR) is 56.1 cm³/mol. The Kier molecular flexibility index (Phi) is 4.83. The van der Waals surface area contributed by atoms with Crippen LogP contribution >= 0.6 is 0 Å². The molecule has 0 aliphatic carbocycles. The third kappa shape index (κ3) is 4.60. The standard InChI is InChI=1S/C10H17N3O2/c1-8(2)10(14)13-4-3-11-5-9-6-12-7-15-9/h6-8,11H,3-5H2,1-2H3,(H,13,14). The number of nitrogens with zero attached hydrogens (tertiary/aromatic N) is 1. The van der Waals surface area contributed by atoms with Crippen LogP contribution in [0.15, 0.2) is 17.0 Å². The minimum atomic E-state index is 0.0410. The maximum absolute atomic E-state index is 11.2. The molecule has 0 aliphatic rings. The van der Waals surface area contributed by atoms with Gasteiger partial charge >= 0.3 is 0 Å². The summed E-state index contributed by atoms with van der Waals surface area (Å²) in [6.45, 7) is 5.73. The Labute approximate surface area is 89.3 Å². The molecule has 1 aromatic heterocycles. The van der Waals surface area contributed by atoms with Crippen LogP contribution in [0, 0.1) is 5.92 Å². The molecule has 5 heteroatoms. The lowest BCUT2D eigenvalue weighted by atomic mass is 10.2. The fourth-order valence-electron chi connectivity index (χ4n) is 1.02. The Hall–Kier alpha value is -1.36. The lowest BCUT2D eigenvalue weighted by molar-refractivity contribution is -0.123. The second-order valence-electron chi connectivity index (χ2n) is 3.59. The van der Waals surface area contributed by atoms with Crippen LogP contribution in [0.4, 0.5) is 0 Å². The maximum Gasteiger partial charge on any atom is 0.222 e. The summed E-state index contributed by atoms with van der Waals surface area (Å²) in [6.07, 6.45) is 3.07. The van der Waals surface area contributed by atoms with Gasteiger partial charge in [0.05, 0.1) is 12.7 Å². The first-order valence-electron chi connectivity index (χ1n) is 5.06. The van der Waals surface area contributed by atoms with Gasteiger partial charge in [0.15, 0.2) is 6.39 Å². The van der Waals surface area contributed by atoms with E-state index in [4.69, 9.17) is 4.42 Å². The largest absolute Gasteiger partial charge is 0.447 e. The molecule has 15 heavy (non-hydrogen) atoms. The molecule has 0 saturated carbocycles. The highest BCUT2D eigenvalue weighted by Crippen LogP contribution is 1.94. The smallest absolute Gasteiger partial charge is 0.222 e. The van der Waals surface area contributed by atoms with Crippen LogP contribution in [0.25, 0.3) is 0 Å². The second kappa shape index (κ2) is 6.19. The molecule has 0 aromatic carbocycles. The molecule has 0 aliphatic heterocycles. The molecule has 0 atom stereocenters. The molecule has 0 radical (unpaired) electrons. The van der Waals surface area contributed by atoms with Gasteiger partial charge in [-0.3, -0.25) is 4.79 Å². The third-order valence-corrected chi connectivity index (χ3v) is 1.91. The van der Waals surface area contributed by atoms with E-state index in [1.807, 2.05) is 13.8 Å². The van der Waals surface area contributed by atoms with Gasteiger partial charge in [-0.05, 0) is 0 Å². The predicted octanol–water partition coefficient (Wildman–Crippen LogP) is 0.536. The van der Waals surface area contributed by atoms with Crippen molar-refractivity contribution >= 4 is 5.91 Å². The zero-order chi connectivity index (χ0) is 11.1. The molecule has 0 spiro atoms. The van der Waals surface area contributed by atoms with E-state index in [2.05, 4.69) is 15.6 Å². The van der Waals surface area contributed by atoms with Crippen molar-refractivity contribution in [3.05, 3.63) is 18.4 Å². The van der Waals surface area contributed by atoms with Crippen molar-refractivity contribution in [2.75, 3.05) is 13.1 Å². The summed E-state index contributed by atoms with van der Waals surface area (Å²) < 4.78 is 5.04. The van der Waals surface area contributed by atoms with Crippen molar-refractivity contribution in [3.63, 3.8) is 0 Å². The van der Waals surface area contributed by atoms with Gasteiger partial charge in [-0.15, -0.1) is 0 Å². The third-order valence-electron chi connectivity index (χ3n) is 1.91. The zero-order valence-corrected chi connectivity index (χ0v) is 9.12. The molecule has 2 N–H and O–H groups in total. The monoisotopic (exact) mass is 211 g/mol. The summed E-state index contributed by atoms with van der Waals surface area (Å²) in [5.74, 6) is 0.918. The quantitative estimate of drug-likeness (QED) is 0.674. The van der Waals surface area contributed by atoms with Crippen molar-refractivity contribution in [2.24, 2.45) is 5.92 Å². The van der Waals surface area contributed by atoms with Crippen LogP contribution in [0.3, 0.4) is 0 Å². The van der Waals surface area contributed by atoms with Gasteiger partial charge in [-0.2, -0.15) is 0 Å². The number of hydrogen-bond donors (Lipinski definition) is 2. The van der Waals surface area contributed by atoms with Crippen LogP contribution in [0.1, 0.15) is 19.6 Å². The summed E-state index contributed by atoms with van der Waals surface area (Å²) >= 11 is 0. The first-order valence-corrected chi connectivity index (χ1v) is 5.06. The van der Waals surface area contributed by atoms with Crippen molar-refractivity contribution in [2.45, 2.75) is 20.4 Å². The molecular formula is C10H17N3O2. The lowest BCUT2D eigenvalue weighted by Crippen LogP contribution is -2.34. The second-order valence-corrected chi connectivity index (χ2v) is 3.59. The number of oxazole rings is 1. The average Bonchev–Trinajstić information content (AvgIpc) is 2.69. The van der Waals surface area contributed by atoms with Gasteiger partial charge in [0, 0.05) is 19.0 Å². The molecule has 0 fully saturated rings. The van der Waals surface area contributed by atoms with Crippen molar-refractivity contribution < 1.29 is 9.21 Å². The fraction of sp³-hybridized carbons (Fsp3) is 0.600. The van der Waals surface area contributed by atoms with E-state index in [-0.39, 0.29) is 11.8 Å². The van der Waals surface area contributed by atoms with Crippen LogP contribution in [-0.4, -0.2) is 24.0 Å². The van der Waals surface area contributed by atoms with Crippen LogP contribution in [-0.2, 0) is 11.3 Å². The van der Waals surface area contributed by atoms with Crippen molar-refractivity contribution in [3.8, 4) is 0 Å². The number of nitrogens with one attached hydrogen (secondary N) is 2. The molecule has 1 heterocycles. The van der Waals surface area contributed by atoms with Gasteiger partial charge in [-0.25, -0.2) is 4.98 Å². The van der Waals surface area contributed by atoms with E-state index in [0.29, 0.717) is 13.1 Å². The van der Waals surface area contributed by atoms with E-state index < -0.39 is 0 Å². The van der Waals surface area contributed by atoms with Crippen molar-refractivity contribution in [1.82, 2.24) is 15.6 Å². The zero-order valence-electron chi connectivity index (χ0n) is 9.12. The summed E-state index contributed by atoms with van der Waals surface area (Å²) in [5.41, 5.74) is 0. The highest BCUT2D eigenvalue weighted by molar-refractivity contribution is 5.77. The summed E-state index contributed by atoms with van der Waals surface area (Å²) in [5, 5.41) is 5.95. The molecule has 84 valence electrons. The number of carbonyl (C=O) groups excluding carboxylic acids is 1. The first-order chi connectivity index (χ1) is 7.20. The van der Waals surface area contributed by atoms with E-state index in [1.54, 1.807) is 6.20 Å². The van der Waals surface area contributed by atoms with Crippen LogP contribution in [0.2, 0.25) is 0 Å². The topological polar surface area (TPSA) is 67.2 Å². The Morgan fingerprint density at radius 1 is 1.53 bits per heavy atom. The Bertz CT molecular complexity index is 283. The molecule has 0 bridgehead atoms. The first kappa shape index (κ1) is 11.7. The maximum atomic E-state index is 11.2. The summed E-state index contributed by atoms with van der Waals surface area (Å²) in [7, 11) is 0. The molecule has 1 amide bonds. The molecular weight excluding hydrogens is 194 g/mol. The fourth-order valence-corrected chi connectivity index (χ4v) is 1.02. The van der Waals surface area contributed by atoms with Crippen LogP contribution in [0.5, 0.6) is 0 Å². The Balaban J connectivity index is 2.00. The molecule has 1 rings (SSSR count). The van der Waals surface area contributed by atoms with Gasteiger partial charge in [-0.1, -0.05) is 13.8 Å². The van der Waals surface area contributed by atoms with E-state index in [1.165, 1.54) is 6.39 Å². The number of aromatic nitrogens is 1. The summed E-state index contributed by atoms with van der Waals surface area (Å²) in [6, 6.07) is 0. The number of rotatable bonds is 6. The number of amides is 1. The van der Waals surface area contributed by atoms with Gasteiger partial charge in [0.2, 0.25) is 5.91 Å². The highest BCUT2D eigenvalue weighted by Gasteiger charge is 2.04. The van der Waals surface area contributed by atoms with Gasteiger partial charge in [0.25, 0.3) is 0 Å². The molecule has 5 nitrogen and oxygen atoms in total. The Morgan fingerprint density at radius 2 is 2.33 bits per heavy atom. The van der Waals surface area contributed by atoms with E-state index >= 15 is 0 Å². The summed E-state index contributed by atoms with van der Waals surface area (Å²) in [4.78, 5) is 15.0. The SMILES string of the molecule is CC(C)C(=O)NCCNCc1cnco1. The van der Waals surface area contributed by atoms with Crippen LogP contribution < -0.4 is 10.6 Å². The molecule has 0 saturated heterocycles. The van der Waals surface area contributed by atoms with Gasteiger partial charge < -0.3 is 15.1 Å². The molecule has 0 unspecified atom stereocenters. The van der Waals surface area contributed by atoms with E-state index in [0.717, 1.165) is 12.3 Å². The van der Waals surface area contributed by atoms with E-state index in [9.17, 15) is 4.79 Å². The number of carbonyl (C=O) groups is 1. The lowest BCUT2D eigenvalue weighted by Gasteiger charge is -2.07. The normalized spacial score (nSPS) is 10.6. The minimum absolute atomic E-state index is 0.0410. The van der Waals surface area contributed by atoms with Gasteiger partial charge in [0.1, 0.15) is 5.76 Å².